The Balaban J connectivity index is 0.00000136. The summed E-state index contributed by atoms with van der Waals surface area (Å²) in [5.41, 5.74) is 7.09. The Bertz CT molecular complexity index is 911. The van der Waals surface area contributed by atoms with Gasteiger partial charge in [0, 0.05) is 24.0 Å². The third kappa shape index (κ3) is 5.18. The second-order valence-electron chi connectivity index (χ2n) is 6.80. The van der Waals surface area contributed by atoms with E-state index >= 15 is 0 Å². The van der Waals surface area contributed by atoms with Crippen molar-refractivity contribution in [2.75, 3.05) is 11.9 Å². The molecule has 28 heavy (non-hydrogen) atoms. The van der Waals surface area contributed by atoms with Crippen molar-refractivity contribution < 1.29 is 0 Å². The molecule has 5 nitrogen and oxygen atoms in total. The summed E-state index contributed by atoms with van der Waals surface area (Å²) in [4.78, 5) is 9.02. The van der Waals surface area contributed by atoms with Crippen LogP contribution in [-0.2, 0) is 12.8 Å². The molecular weight excluding hydrogens is 346 g/mol. The van der Waals surface area contributed by atoms with Crippen LogP contribution >= 0.6 is 0 Å². The van der Waals surface area contributed by atoms with Gasteiger partial charge in [0.15, 0.2) is 0 Å². The minimum absolute atomic E-state index is 0.810. The van der Waals surface area contributed by atoms with E-state index in [0.29, 0.717) is 0 Å². The Kier molecular flexibility index (Phi) is 7.73. The Labute approximate surface area is 169 Å². The maximum atomic E-state index is 4.57. The third-order valence-electron chi connectivity index (χ3n) is 4.62. The molecule has 0 atom stereocenters. The van der Waals surface area contributed by atoms with E-state index in [2.05, 4.69) is 65.6 Å². The monoisotopic (exact) mass is 379 g/mol. The maximum Gasteiger partial charge on any atom is 0.133 e. The van der Waals surface area contributed by atoms with Gasteiger partial charge in [-0.3, -0.25) is 0 Å². The zero-order valence-electron chi connectivity index (χ0n) is 18.3. The number of nitrogens with zero attached hydrogens (tertiary/aromatic N) is 4. The highest BCUT2D eigenvalue weighted by molar-refractivity contribution is 5.46. The lowest BCUT2D eigenvalue weighted by Gasteiger charge is -2.12. The van der Waals surface area contributed by atoms with Crippen LogP contribution < -0.4 is 5.32 Å². The summed E-state index contributed by atoms with van der Waals surface area (Å²) in [6.45, 7) is 15.2. The van der Waals surface area contributed by atoms with Crippen LogP contribution in [0.1, 0.15) is 54.5 Å². The maximum absolute atomic E-state index is 4.57. The van der Waals surface area contributed by atoms with Crippen LogP contribution in [0.2, 0.25) is 0 Å². The minimum atomic E-state index is 0.810. The van der Waals surface area contributed by atoms with Crippen molar-refractivity contribution in [2.45, 2.75) is 61.3 Å². The summed E-state index contributed by atoms with van der Waals surface area (Å²) in [6.07, 6.45) is 5.88. The van der Waals surface area contributed by atoms with Gasteiger partial charge in [-0.25, -0.2) is 14.6 Å². The minimum Gasteiger partial charge on any atom is -0.369 e. The molecule has 0 radical (unpaired) electrons. The molecule has 5 heteroatoms. The highest BCUT2D eigenvalue weighted by Gasteiger charge is 2.09. The van der Waals surface area contributed by atoms with Gasteiger partial charge in [0.1, 0.15) is 11.6 Å². The van der Waals surface area contributed by atoms with E-state index in [9.17, 15) is 0 Å². The Morgan fingerprint density at radius 1 is 1.04 bits per heavy atom. The Morgan fingerprint density at radius 2 is 1.79 bits per heavy atom. The topological polar surface area (TPSA) is 55.6 Å². The number of hydrogen-bond acceptors (Lipinski definition) is 4. The molecule has 1 aromatic carbocycles. The average Bonchev–Trinajstić information content (AvgIpc) is 3.11. The first kappa shape index (κ1) is 21.6. The van der Waals surface area contributed by atoms with Crippen LogP contribution in [0.4, 0.5) is 5.82 Å². The number of aryl methyl sites for hydroxylation is 4. The fraction of sp³-hybridized carbons (Fsp3) is 0.435. The van der Waals surface area contributed by atoms with Crippen molar-refractivity contribution in [3.8, 4) is 5.69 Å². The van der Waals surface area contributed by atoms with Crippen molar-refractivity contribution >= 4 is 5.82 Å². The quantitative estimate of drug-likeness (QED) is 0.644. The third-order valence-corrected chi connectivity index (χ3v) is 4.62. The molecule has 3 aromatic rings. The number of anilines is 1. The first-order chi connectivity index (χ1) is 13.5. The highest BCUT2D eigenvalue weighted by atomic mass is 15.3. The van der Waals surface area contributed by atoms with Crippen LogP contribution in [0.25, 0.3) is 5.69 Å². The molecule has 0 aliphatic heterocycles. The predicted molar refractivity (Wildman–Crippen MR) is 117 cm³/mol. The summed E-state index contributed by atoms with van der Waals surface area (Å²) in [7, 11) is 0. The second-order valence-corrected chi connectivity index (χ2v) is 6.80. The van der Waals surface area contributed by atoms with E-state index in [1.165, 1.54) is 22.3 Å². The number of benzene rings is 1. The van der Waals surface area contributed by atoms with E-state index in [-0.39, 0.29) is 0 Å². The number of nitrogens with one attached hydrogen (secondary N) is 1. The van der Waals surface area contributed by atoms with Crippen molar-refractivity contribution in [3.63, 3.8) is 0 Å². The lowest BCUT2D eigenvalue weighted by Crippen LogP contribution is -2.11. The van der Waals surface area contributed by atoms with E-state index in [0.717, 1.165) is 42.4 Å². The number of hydrogen-bond donors (Lipinski definition) is 1. The summed E-state index contributed by atoms with van der Waals surface area (Å²) in [6, 6.07) is 6.43. The average molecular weight is 380 g/mol. The van der Waals surface area contributed by atoms with Gasteiger partial charge < -0.3 is 5.32 Å². The first-order valence-corrected chi connectivity index (χ1v) is 10.2. The number of rotatable bonds is 6. The molecule has 3 rings (SSSR count). The molecule has 0 spiro atoms. The molecule has 0 saturated heterocycles. The van der Waals surface area contributed by atoms with Gasteiger partial charge in [-0.1, -0.05) is 38.5 Å². The van der Waals surface area contributed by atoms with Crippen molar-refractivity contribution in [1.29, 1.82) is 0 Å². The van der Waals surface area contributed by atoms with Gasteiger partial charge in [-0.2, -0.15) is 5.10 Å². The van der Waals surface area contributed by atoms with Gasteiger partial charge >= 0.3 is 0 Å². The molecule has 150 valence electrons. The lowest BCUT2D eigenvalue weighted by molar-refractivity contribution is 0.870. The fourth-order valence-electron chi connectivity index (χ4n) is 3.31. The van der Waals surface area contributed by atoms with Crippen LogP contribution in [0.3, 0.4) is 0 Å². The summed E-state index contributed by atoms with van der Waals surface area (Å²) < 4.78 is 1.96. The molecule has 2 aromatic heterocycles. The smallest absolute Gasteiger partial charge is 0.133 e. The summed E-state index contributed by atoms with van der Waals surface area (Å²) in [5.74, 6) is 1.77. The second kappa shape index (κ2) is 10.0. The molecule has 2 heterocycles. The number of aromatic nitrogens is 4. The van der Waals surface area contributed by atoms with Crippen LogP contribution in [-0.4, -0.2) is 26.3 Å². The predicted octanol–water partition coefficient (Wildman–Crippen LogP) is 5.14. The van der Waals surface area contributed by atoms with E-state index in [1.807, 2.05) is 38.6 Å². The largest absolute Gasteiger partial charge is 0.369 e. The van der Waals surface area contributed by atoms with Crippen molar-refractivity contribution in [3.05, 3.63) is 64.4 Å². The van der Waals surface area contributed by atoms with Gasteiger partial charge in [0.25, 0.3) is 0 Å². The SMILES string of the molecule is CC.CCc1c(C)nc(C)nc1NCCc1cnn(-c2ccc(C)cc2C)c1. The van der Waals surface area contributed by atoms with E-state index < -0.39 is 0 Å². The zero-order valence-corrected chi connectivity index (χ0v) is 18.3. The van der Waals surface area contributed by atoms with Crippen LogP contribution in [0, 0.1) is 27.7 Å². The van der Waals surface area contributed by atoms with Crippen LogP contribution in [0.5, 0.6) is 0 Å². The molecule has 0 fully saturated rings. The fourth-order valence-corrected chi connectivity index (χ4v) is 3.31. The van der Waals surface area contributed by atoms with Crippen molar-refractivity contribution in [2.24, 2.45) is 0 Å². The van der Waals surface area contributed by atoms with Crippen LogP contribution in [0.15, 0.2) is 30.6 Å². The molecule has 0 unspecified atom stereocenters. The summed E-state index contributed by atoms with van der Waals surface area (Å²) >= 11 is 0. The van der Waals surface area contributed by atoms with Gasteiger partial charge in [0.2, 0.25) is 0 Å². The molecule has 1 N–H and O–H groups in total. The molecule has 0 aliphatic rings. The zero-order chi connectivity index (χ0) is 20.7. The lowest BCUT2D eigenvalue weighted by atomic mass is 10.1. The Hall–Kier alpha value is -2.69. The summed E-state index contributed by atoms with van der Waals surface area (Å²) in [5, 5.41) is 8.00. The van der Waals surface area contributed by atoms with Gasteiger partial charge in [0.05, 0.1) is 11.9 Å². The molecule has 0 bridgehead atoms. The molecule has 0 amide bonds. The van der Waals surface area contributed by atoms with E-state index in [4.69, 9.17) is 0 Å². The van der Waals surface area contributed by atoms with Gasteiger partial charge in [-0.15, -0.1) is 0 Å². The first-order valence-electron chi connectivity index (χ1n) is 10.2. The standard InChI is InChI=1S/C21H27N5.C2H6/c1-6-19-16(4)24-17(5)25-21(19)22-10-9-18-12-23-26(13-18)20-8-7-14(2)11-15(20)3;1-2/h7-8,11-13H,6,9-10H2,1-5H3,(H,22,24,25);1-2H3. The Morgan fingerprint density at radius 3 is 2.46 bits per heavy atom. The van der Waals surface area contributed by atoms with E-state index in [1.54, 1.807) is 0 Å². The molecular formula is C23H33N5. The molecule has 0 saturated carbocycles. The van der Waals surface area contributed by atoms with Crippen molar-refractivity contribution in [1.82, 2.24) is 19.7 Å². The molecule has 0 aliphatic carbocycles. The highest BCUT2D eigenvalue weighted by Crippen LogP contribution is 2.18. The normalized spacial score (nSPS) is 10.4. The van der Waals surface area contributed by atoms with Gasteiger partial charge in [-0.05, 0) is 57.7 Å².